The third-order valence-corrected chi connectivity index (χ3v) is 1.91. The Bertz CT molecular complexity index is 270. The van der Waals surface area contributed by atoms with E-state index in [1.54, 1.807) is 12.1 Å². The summed E-state index contributed by atoms with van der Waals surface area (Å²) in [4.78, 5) is 0. The van der Waals surface area contributed by atoms with Gasteiger partial charge in [-0.1, -0.05) is 19.1 Å². The molecule has 0 bridgehead atoms. The average molecular weight is 163 g/mol. The van der Waals surface area contributed by atoms with Crippen molar-refractivity contribution < 1.29 is 5.11 Å². The van der Waals surface area contributed by atoms with Crippen LogP contribution in [0.15, 0.2) is 24.3 Å². The van der Waals surface area contributed by atoms with E-state index in [9.17, 15) is 5.11 Å². The van der Waals surface area contributed by atoms with Crippen LogP contribution in [0.25, 0.3) is 0 Å². The molecule has 1 aromatic rings. The summed E-state index contributed by atoms with van der Waals surface area (Å²) < 4.78 is 0. The summed E-state index contributed by atoms with van der Waals surface area (Å²) in [7, 11) is 0. The van der Waals surface area contributed by atoms with Crippen LogP contribution in [0.4, 0.5) is 0 Å². The Hall–Kier alpha value is -1.31. The number of nitrogens with one attached hydrogen (secondary N) is 1. The molecule has 0 aliphatic heterocycles. The second-order valence-corrected chi connectivity index (χ2v) is 2.94. The van der Waals surface area contributed by atoms with E-state index in [-0.39, 0.29) is 0 Å². The average Bonchev–Trinajstić information content (AvgIpc) is 2.05. The van der Waals surface area contributed by atoms with E-state index in [0.29, 0.717) is 11.7 Å². The maximum absolute atomic E-state index is 9.17. The third-order valence-electron chi connectivity index (χ3n) is 1.91. The SMILES string of the molecule is CC(CC=N)c1cccc(O)c1. The van der Waals surface area contributed by atoms with Gasteiger partial charge in [-0.15, -0.1) is 0 Å². The molecule has 0 saturated carbocycles. The molecule has 2 heteroatoms. The van der Waals surface area contributed by atoms with Gasteiger partial charge in [0.25, 0.3) is 0 Å². The van der Waals surface area contributed by atoms with E-state index < -0.39 is 0 Å². The molecule has 0 amide bonds. The molecular weight excluding hydrogens is 150 g/mol. The fraction of sp³-hybridized carbons (Fsp3) is 0.300. The number of hydrogen-bond acceptors (Lipinski definition) is 2. The summed E-state index contributed by atoms with van der Waals surface area (Å²) in [5.74, 6) is 0.610. The predicted octanol–water partition coefficient (Wildman–Crippen LogP) is 2.54. The molecular formula is C10H13NO. The molecule has 2 N–H and O–H groups in total. The quantitative estimate of drug-likeness (QED) is 0.661. The van der Waals surface area contributed by atoms with E-state index in [2.05, 4.69) is 0 Å². The van der Waals surface area contributed by atoms with Crippen molar-refractivity contribution in [3.8, 4) is 5.75 Å². The second kappa shape index (κ2) is 3.90. The Balaban J connectivity index is 2.80. The summed E-state index contributed by atoms with van der Waals surface area (Å²) in [5.41, 5.74) is 1.08. The van der Waals surface area contributed by atoms with Gasteiger partial charge in [-0.2, -0.15) is 0 Å². The molecule has 1 aromatic carbocycles. The van der Waals surface area contributed by atoms with Crippen molar-refractivity contribution in [3.05, 3.63) is 29.8 Å². The van der Waals surface area contributed by atoms with Gasteiger partial charge in [0, 0.05) is 0 Å². The number of hydrogen-bond donors (Lipinski definition) is 2. The van der Waals surface area contributed by atoms with E-state index in [1.807, 2.05) is 19.1 Å². The van der Waals surface area contributed by atoms with Crippen LogP contribution >= 0.6 is 0 Å². The maximum atomic E-state index is 9.17. The minimum Gasteiger partial charge on any atom is -0.508 e. The zero-order valence-electron chi connectivity index (χ0n) is 7.12. The molecule has 1 atom stereocenters. The van der Waals surface area contributed by atoms with Gasteiger partial charge < -0.3 is 10.5 Å². The Morgan fingerprint density at radius 3 is 2.92 bits per heavy atom. The van der Waals surface area contributed by atoms with Gasteiger partial charge >= 0.3 is 0 Å². The Morgan fingerprint density at radius 2 is 2.33 bits per heavy atom. The van der Waals surface area contributed by atoms with Crippen molar-refractivity contribution in [2.24, 2.45) is 0 Å². The van der Waals surface area contributed by atoms with Gasteiger partial charge in [0.15, 0.2) is 0 Å². The fourth-order valence-electron chi connectivity index (χ4n) is 1.14. The smallest absolute Gasteiger partial charge is 0.115 e. The topological polar surface area (TPSA) is 44.1 Å². The normalized spacial score (nSPS) is 12.4. The van der Waals surface area contributed by atoms with E-state index in [1.165, 1.54) is 6.21 Å². The first-order chi connectivity index (χ1) is 5.74. The van der Waals surface area contributed by atoms with Crippen LogP contribution in [0, 0.1) is 5.41 Å². The Morgan fingerprint density at radius 1 is 1.58 bits per heavy atom. The van der Waals surface area contributed by atoms with E-state index >= 15 is 0 Å². The lowest BCUT2D eigenvalue weighted by molar-refractivity contribution is 0.474. The number of rotatable bonds is 3. The van der Waals surface area contributed by atoms with Gasteiger partial charge in [0.2, 0.25) is 0 Å². The van der Waals surface area contributed by atoms with E-state index in [4.69, 9.17) is 5.41 Å². The Labute approximate surface area is 72.4 Å². The summed E-state index contributed by atoms with van der Waals surface area (Å²) >= 11 is 0. The lowest BCUT2D eigenvalue weighted by atomic mass is 9.98. The zero-order chi connectivity index (χ0) is 8.97. The molecule has 0 fully saturated rings. The molecule has 0 heterocycles. The molecule has 0 aliphatic rings. The third kappa shape index (κ3) is 2.09. The van der Waals surface area contributed by atoms with Crippen molar-refractivity contribution >= 4 is 6.21 Å². The van der Waals surface area contributed by atoms with Crippen molar-refractivity contribution in [2.45, 2.75) is 19.3 Å². The van der Waals surface area contributed by atoms with Gasteiger partial charge in [-0.25, -0.2) is 0 Å². The molecule has 64 valence electrons. The largest absolute Gasteiger partial charge is 0.508 e. The van der Waals surface area contributed by atoms with Crippen LogP contribution in [0.2, 0.25) is 0 Å². The summed E-state index contributed by atoms with van der Waals surface area (Å²) in [5, 5.41) is 16.1. The Kier molecular flexibility index (Phi) is 2.86. The first kappa shape index (κ1) is 8.78. The van der Waals surface area contributed by atoms with Gasteiger partial charge in [0.1, 0.15) is 5.75 Å². The summed E-state index contributed by atoms with van der Waals surface area (Å²) in [6.07, 6.45) is 2.12. The number of phenols is 1. The standard InChI is InChI=1S/C10H13NO/c1-8(5-6-11)9-3-2-4-10(12)7-9/h2-4,6-8,11-12H,5H2,1H3. The molecule has 0 spiro atoms. The first-order valence-corrected chi connectivity index (χ1v) is 4.02. The summed E-state index contributed by atoms with van der Waals surface area (Å²) in [6, 6.07) is 7.19. The van der Waals surface area contributed by atoms with Crippen LogP contribution in [0.3, 0.4) is 0 Å². The van der Waals surface area contributed by atoms with Crippen molar-refractivity contribution in [1.82, 2.24) is 0 Å². The monoisotopic (exact) mass is 163 g/mol. The van der Waals surface area contributed by atoms with Gasteiger partial charge in [0.05, 0.1) is 0 Å². The minimum absolute atomic E-state index is 0.296. The van der Waals surface area contributed by atoms with Crippen LogP contribution in [0.5, 0.6) is 5.75 Å². The molecule has 2 nitrogen and oxygen atoms in total. The molecule has 0 radical (unpaired) electrons. The highest BCUT2D eigenvalue weighted by Crippen LogP contribution is 2.21. The lowest BCUT2D eigenvalue weighted by Gasteiger charge is -2.08. The maximum Gasteiger partial charge on any atom is 0.115 e. The van der Waals surface area contributed by atoms with Gasteiger partial charge in [-0.3, -0.25) is 0 Å². The number of aromatic hydroxyl groups is 1. The van der Waals surface area contributed by atoms with Crippen LogP contribution in [-0.2, 0) is 0 Å². The highest BCUT2D eigenvalue weighted by molar-refractivity contribution is 5.54. The predicted molar refractivity (Wildman–Crippen MR) is 49.9 cm³/mol. The molecule has 1 rings (SSSR count). The van der Waals surface area contributed by atoms with Crippen molar-refractivity contribution in [3.63, 3.8) is 0 Å². The summed E-state index contributed by atoms with van der Waals surface area (Å²) in [6.45, 7) is 2.04. The molecule has 0 saturated heterocycles. The minimum atomic E-state index is 0.296. The number of benzene rings is 1. The first-order valence-electron chi connectivity index (χ1n) is 4.02. The van der Waals surface area contributed by atoms with Gasteiger partial charge in [-0.05, 0) is 36.2 Å². The second-order valence-electron chi connectivity index (χ2n) is 2.94. The zero-order valence-corrected chi connectivity index (χ0v) is 7.12. The lowest BCUT2D eigenvalue weighted by Crippen LogP contribution is -1.92. The van der Waals surface area contributed by atoms with Crippen molar-refractivity contribution in [2.75, 3.05) is 0 Å². The highest BCUT2D eigenvalue weighted by Gasteiger charge is 2.03. The van der Waals surface area contributed by atoms with Crippen LogP contribution in [-0.4, -0.2) is 11.3 Å². The molecule has 0 aromatic heterocycles. The number of phenolic OH excluding ortho intramolecular Hbond substituents is 1. The van der Waals surface area contributed by atoms with Crippen LogP contribution in [0.1, 0.15) is 24.8 Å². The molecule has 12 heavy (non-hydrogen) atoms. The fourth-order valence-corrected chi connectivity index (χ4v) is 1.14. The van der Waals surface area contributed by atoms with Crippen molar-refractivity contribution in [1.29, 1.82) is 5.41 Å². The van der Waals surface area contributed by atoms with E-state index in [0.717, 1.165) is 12.0 Å². The molecule has 1 unspecified atom stereocenters. The molecule has 0 aliphatic carbocycles. The van der Waals surface area contributed by atoms with Crippen LogP contribution < -0.4 is 0 Å². The highest BCUT2D eigenvalue weighted by atomic mass is 16.3.